The zero-order chi connectivity index (χ0) is 19.4. The molecule has 0 radical (unpaired) electrons. The van der Waals surface area contributed by atoms with Gasteiger partial charge in [0.15, 0.2) is 0 Å². The third kappa shape index (κ3) is 4.83. The predicted molar refractivity (Wildman–Crippen MR) is 106 cm³/mol. The lowest BCUT2D eigenvalue weighted by molar-refractivity contribution is -0.136. The molecule has 150 valence electrons. The van der Waals surface area contributed by atoms with Gasteiger partial charge in [-0.05, 0) is 49.9 Å². The second-order valence-corrected chi connectivity index (χ2v) is 9.65. The smallest absolute Gasteiger partial charge is 0.243 e. The highest BCUT2D eigenvalue weighted by Gasteiger charge is 2.31. The number of sulfonamides is 1. The van der Waals surface area contributed by atoms with Crippen molar-refractivity contribution in [3.8, 4) is 0 Å². The Bertz CT molecular complexity index is 746. The van der Waals surface area contributed by atoms with Crippen molar-refractivity contribution in [3.05, 3.63) is 29.3 Å². The predicted octanol–water partition coefficient (Wildman–Crippen LogP) is 2.44. The van der Waals surface area contributed by atoms with Gasteiger partial charge in [0, 0.05) is 43.8 Å². The Labute approximate surface area is 167 Å². The fourth-order valence-corrected chi connectivity index (χ4v) is 5.47. The highest BCUT2D eigenvalue weighted by molar-refractivity contribution is 7.89. The van der Waals surface area contributed by atoms with Crippen LogP contribution >= 0.6 is 11.6 Å². The molecule has 2 aliphatic heterocycles. The summed E-state index contributed by atoms with van der Waals surface area (Å²) in [4.78, 5) is 17.1. The summed E-state index contributed by atoms with van der Waals surface area (Å²) >= 11 is 5.85. The first kappa shape index (κ1) is 20.6. The van der Waals surface area contributed by atoms with Crippen LogP contribution in [0.3, 0.4) is 0 Å². The Kier molecular flexibility index (Phi) is 6.78. The van der Waals surface area contributed by atoms with Crippen LogP contribution in [0.2, 0.25) is 5.02 Å². The lowest BCUT2D eigenvalue weighted by Gasteiger charge is -2.38. The van der Waals surface area contributed by atoms with Gasteiger partial charge in [0.2, 0.25) is 15.9 Å². The van der Waals surface area contributed by atoms with Crippen molar-refractivity contribution < 1.29 is 13.2 Å². The van der Waals surface area contributed by atoms with E-state index in [1.165, 1.54) is 22.9 Å². The van der Waals surface area contributed by atoms with Crippen LogP contribution in [0.1, 0.15) is 32.6 Å². The second-order valence-electron chi connectivity index (χ2n) is 7.28. The minimum absolute atomic E-state index is 0.176. The number of hydrogen-bond donors (Lipinski definition) is 0. The van der Waals surface area contributed by atoms with Crippen LogP contribution in [-0.2, 0) is 14.8 Å². The third-order valence-electron chi connectivity index (χ3n) is 5.56. The lowest BCUT2D eigenvalue weighted by atomic mass is 10.00. The number of rotatable bonds is 5. The molecule has 1 atom stereocenters. The molecule has 0 spiro atoms. The Morgan fingerprint density at radius 1 is 1.07 bits per heavy atom. The Morgan fingerprint density at radius 2 is 1.74 bits per heavy atom. The number of carbonyl (C=O) groups excluding carboxylic acids is 1. The van der Waals surface area contributed by atoms with Gasteiger partial charge in [-0.25, -0.2) is 8.42 Å². The summed E-state index contributed by atoms with van der Waals surface area (Å²) in [5.41, 5.74) is 0. The molecular formula is C19H28ClN3O3S. The first-order valence-electron chi connectivity index (χ1n) is 9.69. The SMILES string of the molecule is CC[C@H]1CCCCN1C(=O)CN1CCN(S(=O)(=O)c2ccc(Cl)cc2)CC1. The normalized spacial score (nSPS) is 22.7. The van der Waals surface area contributed by atoms with Gasteiger partial charge in [-0.3, -0.25) is 9.69 Å². The summed E-state index contributed by atoms with van der Waals surface area (Å²) in [5, 5.41) is 0.514. The van der Waals surface area contributed by atoms with E-state index in [-0.39, 0.29) is 10.8 Å². The summed E-state index contributed by atoms with van der Waals surface area (Å²) < 4.78 is 27.0. The number of halogens is 1. The molecule has 0 aromatic heterocycles. The molecule has 1 aromatic carbocycles. The molecule has 0 unspecified atom stereocenters. The summed E-state index contributed by atoms with van der Waals surface area (Å²) in [7, 11) is -3.51. The van der Waals surface area contributed by atoms with E-state index in [0.717, 1.165) is 25.8 Å². The average Bonchev–Trinajstić information content (AvgIpc) is 2.68. The zero-order valence-electron chi connectivity index (χ0n) is 15.8. The topological polar surface area (TPSA) is 60.9 Å². The number of hydrogen-bond acceptors (Lipinski definition) is 4. The molecule has 0 saturated carbocycles. The van der Waals surface area contributed by atoms with Gasteiger partial charge in [-0.1, -0.05) is 18.5 Å². The van der Waals surface area contributed by atoms with E-state index < -0.39 is 10.0 Å². The lowest BCUT2D eigenvalue weighted by Crippen LogP contribution is -2.53. The Morgan fingerprint density at radius 3 is 2.37 bits per heavy atom. The Balaban J connectivity index is 1.55. The number of amides is 1. The molecule has 27 heavy (non-hydrogen) atoms. The van der Waals surface area contributed by atoms with Crippen LogP contribution in [0.4, 0.5) is 0 Å². The third-order valence-corrected chi connectivity index (χ3v) is 7.73. The van der Waals surface area contributed by atoms with Gasteiger partial charge in [-0.2, -0.15) is 4.31 Å². The van der Waals surface area contributed by atoms with Crippen LogP contribution in [0.15, 0.2) is 29.2 Å². The molecule has 0 bridgehead atoms. The van der Waals surface area contributed by atoms with Gasteiger partial charge >= 0.3 is 0 Å². The molecule has 0 N–H and O–H groups in total. The highest BCUT2D eigenvalue weighted by Crippen LogP contribution is 2.21. The number of piperidine rings is 1. The van der Waals surface area contributed by atoms with Crippen LogP contribution in [-0.4, -0.2) is 73.7 Å². The minimum atomic E-state index is -3.51. The molecule has 1 aromatic rings. The first-order chi connectivity index (χ1) is 12.9. The van der Waals surface area contributed by atoms with E-state index in [1.807, 2.05) is 4.90 Å². The van der Waals surface area contributed by atoms with E-state index in [9.17, 15) is 13.2 Å². The van der Waals surface area contributed by atoms with Crippen LogP contribution in [0.5, 0.6) is 0 Å². The maximum Gasteiger partial charge on any atom is 0.243 e. The van der Waals surface area contributed by atoms with Crippen molar-refractivity contribution in [2.75, 3.05) is 39.3 Å². The molecule has 1 amide bonds. The van der Waals surface area contributed by atoms with E-state index in [2.05, 4.69) is 11.8 Å². The summed E-state index contributed by atoms with van der Waals surface area (Å²) in [6.45, 7) is 5.31. The van der Waals surface area contributed by atoms with E-state index in [4.69, 9.17) is 11.6 Å². The van der Waals surface area contributed by atoms with Crippen LogP contribution < -0.4 is 0 Å². The number of benzene rings is 1. The van der Waals surface area contributed by atoms with Crippen LogP contribution in [0, 0.1) is 0 Å². The molecular weight excluding hydrogens is 386 g/mol. The van der Waals surface area contributed by atoms with E-state index in [1.54, 1.807) is 12.1 Å². The standard InChI is InChI=1S/C19H28ClN3O3S/c1-2-17-5-3-4-10-23(17)19(24)15-21-11-13-22(14-12-21)27(25,26)18-8-6-16(20)7-9-18/h6-9,17H,2-5,10-15H2,1H3/t17-/m0/s1. The zero-order valence-corrected chi connectivity index (χ0v) is 17.4. The van der Waals surface area contributed by atoms with Crippen molar-refractivity contribution in [2.24, 2.45) is 0 Å². The number of piperazine rings is 1. The van der Waals surface area contributed by atoms with Crippen molar-refractivity contribution >= 4 is 27.5 Å². The molecule has 6 nitrogen and oxygen atoms in total. The quantitative estimate of drug-likeness (QED) is 0.743. The second kappa shape index (κ2) is 8.90. The molecule has 2 fully saturated rings. The van der Waals surface area contributed by atoms with Crippen molar-refractivity contribution in [2.45, 2.75) is 43.5 Å². The van der Waals surface area contributed by atoms with Crippen molar-refractivity contribution in [1.82, 2.24) is 14.1 Å². The summed E-state index contributed by atoms with van der Waals surface area (Å²) in [5.74, 6) is 0.176. The van der Waals surface area contributed by atoms with Gasteiger partial charge < -0.3 is 4.90 Å². The van der Waals surface area contributed by atoms with Gasteiger partial charge in [0.25, 0.3) is 0 Å². The molecule has 0 aliphatic carbocycles. The fraction of sp³-hybridized carbons (Fsp3) is 0.632. The van der Waals surface area contributed by atoms with Gasteiger partial charge in [0.05, 0.1) is 11.4 Å². The monoisotopic (exact) mass is 413 g/mol. The summed E-state index contributed by atoms with van der Waals surface area (Å²) in [6, 6.07) is 6.61. The number of carbonyl (C=O) groups is 1. The number of likely N-dealkylation sites (tertiary alicyclic amines) is 1. The molecule has 3 rings (SSSR count). The minimum Gasteiger partial charge on any atom is -0.339 e. The maximum atomic E-state index is 12.7. The molecule has 2 aliphatic rings. The summed E-state index contributed by atoms with van der Waals surface area (Å²) in [6.07, 6.45) is 4.37. The van der Waals surface area contributed by atoms with Crippen molar-refractivity contribution in [1.29, 1.82) is 0 Å². The van der Waals surface area contributed by atoms with E-state index in [0.29, 0.717) is 43.8 Å². The van der Waals surface area contributed by atoms with Crippen LogP contribution in [0.25, 0.3) is 0 Å². The largest absolute Gasteiger partial charge is 0.339 e. The van der Waals surface area contributed by atoms with Gasteiger partial charge in [0.1, 0.15) is 0 Å². The van der Waals surface area contributed by atoms with Crippen molar-refractivity contribution in [3.63, 3.8) is 0 Å². The van der Waals surface area contributed by atoms with E-state index >= 15 is 0 Å². The molecule has 2 saturated heterocycles. The fourth-order valence-electron chi connectivity index (χ4n) is 3.92. The molecule has 2 heterocycles. The Hall–Kier alpha value is -1.15. The average molecular weight is 414 g/mol. The number of nitrogens with zero attached hydrogens (tertiary/aromatic N) is 3. The highest BCUT2D eigenvalue weighted by atomic mass is 35.5. The first-order valence-corrected chi connectivity index (χ1v) is 11.5. The molecule has 8 heteroatoms. The maximum absolute atomic E-state index is 12.7. The van der Waals surface area contributed by atoms with Gasteiger partial charge in [-0.15, -0.1) is 0 Å².